The van der Waals surface area contributed by atoms with Gasteiger partial charge in [0.25, 0.3) is 0 Å². The molecule has 0 aliphatic heterocycles. The van der Waals surface area contributed by atoms with Gasteiger partial charge in [-0.3, -0.25) is 9.00 Å². The second-order valence-electron chi connectivity index (χ2n) is 7.06. The summed E-state index contributed by atoms with van der Waals surface area (Å²) in [6.07, 6.45) is 0. The quantitative estimate of drug-likeness (QED) is 0.482. The fourth-order valence-corrected chi connectivity index (χ4v) is 5.15. The van der Waals surface area contributed by atoms with Gasteiger partial charge in [0, 0.05) is 35.8 Å². The molecule has 2 aromatic carbocycles. The second kappa shape index (κ2) is 10.5. The third kappa shape index (κ3) is 5.71. The maximum Gasteiger partial charge on any atom is 0.238 e. The topological polar surface area (TPSA) is 68.7 Å². The van der Waals surface area contributed by atoms with E-state index in [1.54, 1.807) is 39.2 Å². The molecule has 3 aromatic rings. The molecule has 164 valence electrons. The van der Waals surface area contributed by atoms with E-state index in [-0.39, 0.29) is 11.7 Å². The summed E-state index contributed by atoms with van der Waals surface area (Å²) in [5.41, 5.74) is 2.58. The van der Waals surface area contributed by atoms with Gasteiger partial charge in [0.15, 0.2) is 0 Å². The molecule has 2 atom stereocenters. The molecular weight excluding hydrogens is 432 g/mol. The Bertz CT molecular complexity index is 1050. The third-order valence-electron chi connectivity index (χ3n) is 4.86. The van der Waals surface area contributed by atoms with Crippen molar-refractivity contribution in [2.45, 2.75) is 24.5 Å². The number of rotatable bonds is 9. The van der Waals surface area contributed by atoms with Crippen molar-refractivity contribution in [2.75, 3.05) is 21.3 Å². The summed E-state index contributed by atoms with van der Waals surface area (Å²) < 4.78 is 23.5. The summed E-state index contributed by atoms with van der Waals surface area (Å²) in [5.74, 6) is 1.44. The Labute approximate surface area is 189 Å². The molecular formula is C23H26N2O4S2. The molecule has 1 heterocycles. The number of hydrogen-bond donors (Lipinski definition) is 0. The number of hydrogen-bond acceptors (Lipinski definition) is 6. The first kappa shape index (κ1) is 23.0. The maximum atomic E-state index is 12.9. The lowest BCUT2D eigenvalue weighted by atomic mass is 10.2. The average Bonchev–Trinajstić information content (AvgIpc) is 3.26. The number of methoxy groups -OCH3 is 2. The Hall–Kier alpha value is -2.71. The van der Waals surface area contributed by atoms with Gasteiger partial charge < -0.3 is 14.4 Å². The Kier molecular flexibility index (Phi) is 7.81. The monoisotopic (exact) mass is 458 g/mol. The van der Waals surface area contributed by atoms with Gasteiger partial charge >= 0.3 is 0 Å². The van der Waals surface area contributed by atoms with Gasteiger partial charge in [-0.15, -0.1) is 11.3 Å². The normalized spacial score (nSPS) is 12.8. The molecule has 3 rings (SSSR count). The van der Waals surface area contributed by atoms with Crippen LogP contribution in [0.2, 0.25) is 0 Å². The number of ether oxygens (including phenoxy) is 2. The van der Waals surface area contributed by atoms with Gasteiger partial charge in [-0.05, 0) is 24.6 Å². The molecule has 1 amide bonds. The molecule has 0 spiro atoms. The number of benzene rings is 2. The van der Waals surface area contributed by atoms with Crippen molar-refractivity contribution in [1.82, 2.24) is 9.88 Å². The highest BCUT2D eigenvalue weighted by Crippen LogP contribution is 2.35. The van der Waals surface area contributed by atoms with Crippen molar-refractivity contribution in [3.8, 4) is 22.1 Å². The lowest BCUT2D eigenvalue weighted by Crippen LogP contribution is -2.37. The van der Waals surface area contributed by atoms with E-state index in [0.29, 0.717) is 23.7 Å². The molecule has 0 aliphatic carbocycles. The summed E-state index contributed by atoms with van der Waals surface area (Å²) in [7, 11) is 3.56. The highest BCUT2D eigenvalue weighted by Gasteiger charge is 2.24. The van der Waals surface area contributed by atoms with Gasteiger partial charge in [-0.1, -0.05) is 30.3 Å². The smallest absolute Gasteiger partial charge is 0.238 e. The van der Waals surface area contributed by atoms with Gasteiger partial charge in [-0.25, -0.2) is 4.98 Å². The zero-order chi connectivity index (χ0) is 22.4. The molecule has 8 heteroatoms. The summed E-state index contributed by atoms with van der Waals surface area (Å²) in [4.78, 5) is 19.0. The van der Waals surface area contributed by atoms with E-state index >= 15 is 0 Å². The molecule has 0 aliphatic rings. The summed E-state index contributed by atoms with van der Waals surface area (Å²) in [5, 5.41) is 2.03. The standard InChI is InChI=1S/C23H26N2O4S2/c1-16(23(26)25(2)13-17-8-6-5-7-9-17)31(27)15-18-14-30-22(24-18)20-11-10-19(28-3)12-21(20)29-4/h5-12,14,16H,13,15H2,1-4H3. The molecule has 0 N–H and O–H groups in total. The van der Waals surface area contributed by atoms with E-state index < -0.39 is 16.0 Å². The number of carbonyl (C=O) groups excluding carboxylic acids is 1. The van der Waals surface area contributed by atoms with Crippen LogP contribution in [0.1, 0.15) is 18.2 Å². The van der Waals surface area contributed by atoms with Gasteiger partial charge in [0.2, 0.25) is 5.91 Å². The number of amides is 1. The molecule has 6 nitrogen and oxygen atoms in total. The zero-order valence-electron chi connectivity index (χ0n) is 18.0. The van der Waals surface area contributed by atoms with Gasteiger partial charge in [-0.2, -0.15) is 0 Å². The Morgan fingerprint density at radius 3 is 2.58 bits per heavy atom. The first-order valence-electron chi connectivity index (χ1n) is 9.75. The van der Waals surface area contributed by atoms with Crippen molar-refractivity contribution >= 4 is 28.0 Å². The van der Waals surface area contributed by atoms with Crippen molar-refractivity contribution in [3.05, 3.63) is 65.2 Å². The molecule has 1 aromatic heterocycles. The second-order valence-corrected chi connectivity index (χ2v) is 9.67. The molecule has 0 saturated carbocycles. The van der Waals surface area contributed by atoms with Crippen LogP contribution in [0.25, 0.3) is 10.6 Å². The summed E-state index contributed by atoms with van der Waals surface area (Å²) >= 11 is 1.45. The van der Waals surface area contributed by atoms with E-state index in [1.165, 1.54) is 11.3 Å². The molecule has 0 bridgehead atoms. The number of nitrogens with zero attached hydrogens (tertiary/aromatic N) is 2. The highest BCUT2D eigenvalue weighted by molar-refractivity contribution is 7.85. The molecule has 31 heavy (non-hydrogen) atoms. The van der Waals surface area contributed by atoms with Crippen LogP contribution < -0.4 is 9.47 Å². The third-order valence-corrected chi connectivity index (χ3v) is 7.36. The van der Waals surface area contributed by atoms with Crippen LogP contribution in [0.3, 0.4) is 0 Å². The van der Waals surface area contributed by atoms with Crippen LogP contribution in [0.15, 0.2) is 53.9 Å². The van der Waals surface area contributed by atoms with Gasteiger partial charge in [0.1, 0.15) is 21.8 Å². The fraction of sp³-hybridized carbons (Fsp3) is 0.304. The van der Waals surface area contributed by atoms with Crippen LogP contribution in [0.5, 0.6) is 11.5 Å². The van der Waals surface area contributed by atoms with Crippen LogP contribution in [0, 0.1) is 0 Å². The fourth-order valence-electron chi connectivity index (χ4n) is 3.10. The van der Waals surface area contributed by atoms with E-state index in [1.807, 2.05) is 47.8 Å². The highest BCUT2D eigenvalue weighted by atomic mass is 32.2. The Balaban J connectivity index is 1.66. The van der Waals surface area contributed by atoms with E-state index in [4.69, 9.17) is 9.47 Å². The lowest BCUT2D eigenvalue weighted by molar-refractivity contribution is -0.129. The first-order chi connectivity index (χ1) is 14.9. The summed E-state index contributed by atoms with van der Waals surface area (Å²) in [6.45, 7) is 2.19. The number of carbonyl (C=O) groups is 1. The van der Waals surface area contributed by atoms with E-state index in [2.05, 4.69) is 4.98 Å². The van der Waals surface area contributed by atoms with E-state index in [9.17, 15) is 9.00 Å². The molecule has 0 fully saturated rings. The molecule has 0 saturated heterocycles. The van der Waals surface area contributed by atoms with Crippen LogP contribution in [-0.4, -0.2) is 46.5 Å². The van der Waals surface area contributed by atoms with Crippen LogP contribution in [0.4, 0.5) is 0 Å². The average molecular weight is 459 g/mol. The Morgan fingerprint density at radius 1 is 1.16 bits per heavy atom. The Morgan fingerprint density at radius 2 is 1.90 bits per heavy atom. The largest absolute Gasteiger partial charge is 0.497 e. The molecule has 2 unspecified atom stereocenters. The minimum atomic E-state index is -1.38. The SMILES string of the molecule is COc1ccc(-c2nc(CS(=O)C(C)C(=O)N(C)Cc3ccccc3)cs2)c(OC)c1. The van der Waals surface area contributed by atoms with Gasteiger partial charge in [0.05, 0.1) is 31.2 Å². The van der Waals surface area contributed by atoms with E-state index in [0.717, 1.165) is 16.1 Å². The van der Waals surface area contributed by atoms with Crippen molar-refractivity contribution in [3.63, 3.8) is 0 Å². The summed E-state index contributed by atoms with van der Waals surface area (Å²) in [6, 6.07) is 15.3. The first-order valence-corrected chi connectivity index (χ1v) is 12.0. The van der Waals surface area contributed by atoms with Crippen molar-refractivity contribution < 1.29 is 18.5 Å². The van der Waals surface area contributed by atoms with Crippen molar-refractivity contribution in [1.29, 1.82) is 0 Å². The number of thiazole rings is 1. The van der Waals surface area contributed by atoms with Crippen LogP contribution in [-0.2, 0) is 27.9 Å². The lowest BCUT2D eigenvalue weighted by Gasteiger charge is -2.21. The predicted octanol–water partition coefficient (Wildman–Crippen LogP) is 4.12. The van der Waals surface area contributed by atoms with Crippen LogP contribution >= 0.6 is 11.3 Å². The van der Waals surface area contributed by atoms with Crippen molar-refractivity contribution in [2.24, 2.45) is 0 Å². The predicted molar refractivity (Wildman–Crippen MR) is 125 cm³/mol. The zero-order valence-corrected chi connectivity index (χ0v) is 19.7. The minimum Gasteiger partial charge on any atom is -0.497 e. The maximum absolute atomic E-state index is 12.9. The minimum absolute atomic E-state index is 0.144. The number of aromatic nitrogens is 1. The molecule has 0 radical (unpaired) electrons.